The highest BCUT2D eigenvalue weighted by Crippen LogP contribution is 2.32. The van der Waals surface area contributed by atoms with Crippen LogP contribution in [0.2, 0.25) is 0 Å². The number of hydrogen-bond acceptors (Lipinski definition) is 7. The number of imide groups is 1. The first-order chi connectivity index (χ1) is 13.7. The number of anilines is 1. The van der Waals surface area contributed by atoms with Gasteiger partial charge in [-0.25, -0.2) is 9.97 Å². The second-order valence-corrected chi connectivity index (χ2v) is 7.24. The Kier molecular flexibility index (Phi) is 4.20. The number of hydrogen-bond donors (Lipinski definition) is 0. The number of rotatable bonds is 4. The molecule has 0 atom stereocenters. The molecule has 2 aliphatic rings. The van der Waals surface area contributed by atoms with Gasteiger partial charge in [0.2, 0.25) is 11.8 Å². The highest BCUT2D eigenvalue weighted by atomic mass is 16.3. The summed E-state index contributed by atoms with van der Waals surface area (Å²) in [5, 5.41) is 1.000. The number of furan rings is 1. The second-order valence-electron chi connectivity index (χ2n) is 7.24. The van der Waals surface area contributed by atoms with Crippen LogP contribution in [-0.2, 0) is 9.59 Å². The predicted octanol–water partition coefficient (Wildman–Crippen LogP) is 1.65. The third-order valence-corrected chi connectivity index (χ3v) is 5.61. The van der Waals surface area contributed by atoms with E-state index >= 15 is 0 Å². The number of likely N-dealkylation sites (tertiary alicyclic amines) is 1. The van der Waals surface area contributed by atoms with Crippen molar-refractivity contribution >= 4 is 39.7 Å². The molecular formula is C20H21N5O3. The first-order valence-corrected chi connectivity index (χ1v) is 9.63. The Morgan fingerprint density at radius 2 is 1.68 bits per heavy atom. The van der Waals surface area contributed by atoms with Gasteiger partial charge in [-0.1, -0.05) is 12.1 Å². The maximum Gasteiger partial charge on any atom is 0.229 e. The number of para-hydroxylation sites is 1. The van der Waals surface area contributed by atoms with E-state index in [0.29, 0.717) is 19.4 Å². The lowest BCUT2D eigenvalue weighted by Gasteiger charge is -2.35. The molecule has 0 spiro atoms. The fourth-order valence-electron chi connectivity index (χ4n) is 4.03. The van der Waals surface area contributed by atoms with Crippen LogP contribution in [0.15, 0.2) is 35.0 Å². The molecule has 8 heteroatoms. The van der Waals surface area contributed by atoms with E-state index in [0.717, 1.165) is 60.6 Å². The molecule has 1 aromatic carbocycles. The molecule has 0 bridgehead atoms. The fraction of sp³-hybridized carbons (Fsp3) is 0.400. The van der Waals surface area contributed by atoms with E-state index in [9.17, 15) is 9.59 Å². The molecule has 2 amide bonds. The summed E-state index contributed by atoms with van der Waals surface area (Å²) in [6.45, 7) is 4.52. The van der Waals surface area contributed by atoms with Crippen LogP contribution < -0.4 is 4.90 Å². The molecule has 2 aliphatic heterocycles. The van der Waals surface area contributed by atoms with E-state index in [1.807, 2.05) is 24.3 Å². The van der Waals surface area contributed by atoms with Crippen LogP contribution >= 0.6 is 0 Å². The van der Waals surface area contributed by atoms with Crippen molar-refractivity contribution in [2.75, 3.05) is 44.2 Å². The third kappa shape index (κ3) is 2.90. The number of aromatic nitrogens is 2. The molecule has 0 N–H and O–H groups in total. The van der Waals surface area contributed by atoms with Crippen LogP contribution in [0.1, 0.15) is 12.8 Å². The quantitative estimate of drug-likeness (QED) is 0.638. The van der Waals surface area contributed by atoms with Crippen LogP contribution in [0.5, 0.6) is 0 Å². The van der Waals surface area contributed by atoms with E-state index in [2.05, 4.69) is 19.8 Å². The van der Waals surface area contributed by atoms with Crippen molar-refractivity contribution in [2.24, 2.45) is 0 Å². The Bertz CT molecular complexity index is 1040. The zero-order valence-electron chi connectivity index (χ0n) is 15.5. The third-order valence-electron chi connectivity index (χ3n) is 5.61. The van der Waals surface area contributed by atoms with Gasteiger partial charge in [-0.05, 0) is 12.1 Å². The van der Waals surface area contributed by atoms with Gasteiger partial charge in [0.05, 0.1) is 0 Å². The summed E-state index contributed by atoms with van der Waals surface area (Å²) in [7, 11) is 0. The topological polar surface area (TPSA) is 82.8 Å². The molecule has 2 fully saturated rings. The van der Waals surface area contributed by atoms with Crippen molar-refractivity contribution in [3.63, 3.8) is 0 Å². The molecule has 8 nitrogen and oxygen atoms in total. The van der Waals surface area contributed by atoms with Crippen LogP contribution in [0.4, 0.5) is 5.82 Å². The second kappa shape index (κ2) is 6.87. The van der Waals surface area contributed by atoms with E-state index in [1.165, 1.54) is 4.90 Å². The van der Waals surface area contributed by atoms with Crippen molar-refractivity contribution in [3.05, 3.63) is 30.6 Å². The maximum absolute atomic E-state index is 11.7. The molecule has 0 aliphatic carbocycles. The standard InChI is InChI=1S/C20H21N5O3/c26-16-5-6-17(27)25(16)12-9-23-7-10-24(11-8-23)20-19-18(21-13-22-20)14-3-1-2-4-15(14)28-19/h1-4,13H,5-12H2. The summed E-state index contributed by atoms with van der Waals surface area (Å²) in [5.74, 6) is 0.736. The normalized spacial score (nSPS) is 18.7. The number of carbonyl (C=O) groups is 2. The fourth-order valence-corrected chi connectivity index (χ4v) is 4.03. The minimum atomic E-state index is -0.0445. The highest BCUT2D eigenvalue weighted by Gasteiger charge is 2.29. The summed E-state index contributed by atoms with van der Waals surface area (Å²) in [6, 6.07) is 7.89. The molecular weight excluding hydrogens is 358 g/mol. The van der Waals surface area contributed by atoms with Crippen LogP contribution in [0.3, 0.4) is 0 Å². The number of carbonyl (C=O) groups excluding carboxylic acids is 2. The summed E-state index contributed by atoms with van der Waals surface area (Å²) in [4.78, 5) is 38.3. The lowest BCUT2D eigenvalue weighted by atomic mass is 10.2. The van der Waals surface area contributed by atoms with Gasteiger partial charge in [-0.15, -0.1) is 0 Å². The van der Waals surface area contributed by atoms with Gasteiger partial charge in [0.15, 0.2) is 11.4 Å². The monoisotopic (exact) mass is 379 g/mol. The first-order valence-electron chi connectivity index (χ1n) is 9.63. The van der Waals surface area contributed by atoms with E-state index < -0.39 is 0 Å². The molecule has 0 saturated carbocycles. The molecule has 0 radical (unpaired) electrons. The summed E-state index contributed by atoms with van der Waals surface area (Å²) in [6.07, 6.45) is 2.30. The maximum atomic E-state index is 11.7. The Labute approximate surface area is 161 Å². The molecule has 3 aromatic rings. The van der Waals surface area contributed by atoms with Crippen molar-refractivity contribution in [3.8, 4) is 0 Å². The molecule has 5 rings (SSSR count). The van der Waals surface area contributed by atoms with E-state index in [-0.39, 0.29) is 11.8 Å². The van der Waals surface area contributed by atoms with Crippen molar-refractivity contribution in [1.29, 1.82) is 0 Å². The average molecular weight is 379 g/mol. The van der Waals surface area contributed by atoms with Crippen LogP contribution in [0, 0.1) is 0 Å². The number of nitrogens with zero attached hydrogens (tertiary/aromatic N) is 5. The largest absolute Gasteiger partial charge is 0.450 e. The van der Waals surface area contributed by atoms with Crippen LogP contribution in [-0.4, -0.2) is 70.9 Å². The smallest absolute Gasteiger partial charge is 0.229 e. The van der Waals surface area contributed by atoms with Crippen LogP contribution in [0.25, 0.3) is 22.1 Å². The van der Waals surface area contributed by atoms with Gasteiger partial charge in [-0.2, -0.15) is 0 Å². The van der Waals surface area contributed by atoms with E-state index in [1.54, 1.807) is 6.33 Å². The predicted molar refractivity (Wildman–Crippen MR) is 104 cm³/mol. The summed E-state index contributed by atoms with van der Waals surface area (Å²) < 4.78 is 6.04. The number of amides is 2. The Morgan fingerprint density at radius 3 is 2.46 bits per heavy atom. The average Bonchev–Trinajstić information content (AvgIpc) is 3.26. The first kappa shape index (κ1) is 17.1. The molecule has 28 heavy (non-hydrogen) atoms. The minimum absolute atomic E-state index is 0.0445. The Hall–Kier alpha value is -3.00. The van der Waals surface area contributed by atoms with Gasteiger partial charge in [0.1, 0.15) is 17.4 Å². The number of benzene rings is 1. The van der Waals surface area contributed by atoms with E-state index in [4.69, 9.17) is 4.42 Å². The van der Waals surface area contributed by atoms with Crippen molar-refractivity contribution in [1.82, 2.24) is 19.8 Å². The SMILES string of the molecule is O=C1CCC(=O)N1CCN1CCN(c2ncnc3c2oc2ccccc23)CC1. The lowest BCUT2D eigenvalue weighted by Crippen LogP contribution is -2.49. The zero-order chi connectivity index (χ0) is 19.1. The number of piperazine rings is 1. The van der Waals surface area contributed by atoms with Gasteiger partial charge in [0, 0.05) is 57.5 Å². The molecule has 144 valence electrons. The number of fused-ring (bicyclic) bond motifs is 3. The summed E-state index contributed by atoms with van der Waals surface area (Å²) >= 11 is 0. The summed E-state index contributed by atoms with van der Waals surface area (Å²) in [5.41, 5.74) is 2.39. The minimum Gasteiger partial charge on any atom is -0.450 e. The molecule has 0 unspecified atom stereocenters. The highest BCUT2D eigenvalue weighted by molar-refractivity contribution is 6.05. The van der Waals surface area contributed by atoms with Gasteiger partial charge in [-0.3, -0.25) is 19.4 Å². The van der Waals surface area contributed by atoms with Gasteiger partial charge < -0.3 is 9.32 Å². The molecule has 2 aromatic heterocycles. The Balaban J connectivity index is 1.28. The zero-order valence-corrected chi connectivity index (χ0v) is 15.5. The van der Waals surface area contributed by atoms with Crippen molar-refractivity contribution in [2.45, 2.75) is 12.8 Å². The van der Waals surface area contributed by atoms with Crippen molar-refractivity contribution < 1.29 is 14.0 Å². The van der Waals surface area contributed by atoms with Gasteiger partial charge >= 0.3 is 0 Å². The Morgan fingerprint density at radius 1 is 0.929 bits per heavy atom. The molecule has 4 heterocycles. The van der Waals surface area contributed by atoms with Gasteiger partial charge in [0.25, 0.3) is 0 Å². The lowest BCUT2D eigenvalue weighted by molar-refractivity contribution is -0.138. The molecule has 2 saturated heterocycles.